The van der Waals surface area contributed by atoms with E-state index in [4.69, 9.17) is 4.52 Å². The molecular weight excluding hydrogens is 127 g/mol. The summed E-state index contributed by atoms with van der Waals surface area (Å²) in [5, 5.41) is 0. The van der Waals surface area contributed by atoms with Crippen LogP contribution in [0.2, 0.25) is 0 Å². The largest absolute Gasteiger partial charge is 0.546 e. The van der Waals surface area contributed by atoms with Gasteiger partial charge in [0.2, 0.25) is 0 Å². The van der Waals surface area contributed by atoms with Crippen LogP contribution in [0, 0.1) is 0 Å². The van der Waals surface area contributed by atoms with E-state index in [0.717, 1.165) is 0 Å². The maximum absolute atomic E-state index is 10.6. The minimum Gasteiger partial charge on any atom is -0.189 e. The summed E-state index contributed by atoms with van der Waals surface area (Å²) in [6.45, 7) is 2.32. The zero-order valence-electron chi connectivity index (χ0n) is 4.55. The van der Waals surface area contributed by atoms with Gasteiger partial charge in [-0.25, -0.2) is 0 Å². The molecule has 1 aliphatic rings. The number of rotatable bonds is 3. The van der Waals surface area contributed by atoms with Crippen molar-refractivity contribution in [1.82, 2.24) is 10.9 Å². The average molecular weight is 135 g/mol. The van der Waals surface area contributed by atoms with Gasteiger partial charge in [0.05, 0.1) is 6.61 Å². The van der Waals surface area contributed by atoms with E-state index >= 15 is 0 Å². The fourth-order valence-electron chi connectivity index (χ4n) is 0.344. The van der Waals surface area contributed by atoms with Crippen LogP contribution in [0.25, 0.3) is 0 Å². The first-order valence-electron chi connectivity index (χ1n) is 2.45. The number of hydrogen-bond donors (Lipinski definition) is 2. The van der Waals surface area contributed by atoms with Gasteiger partial charge in [-0.2, -0.15) is 10.9 Å². The smallest absolute Gasteiger partial charge is 0.189 e. The molecule has 0 aromatic rings. The van der Waals surface area contributed by atoms with Crippen molar-refractivity contribution in [2.45, 2.75) is 12.8 Å². The Morgan fingerprint density at radius 1 is 1.75 bits per heavy atom. The Hall–Kier alpha value is -0.0200. The summed E-state index contributed by atoms with van der Waals surface area (Å²) >= 11 is 0. The summed E-state index contributed by atoms with van der Waals surface area (Å²) in [6, 6.07) is 0. The second-order valence-corrected chi connectivity index (χ2v) is 2.74. The lowest BCUT2D eigenvalue weighted by Gasteiger charge is -1.75. The quantitative estimate of drug-likeness (QED) is 0.427. The molecule has 46 valence electrons. The Morgan fingerprint density at radius 2 is 2.38 bits per heavy atom. The average Bonchev–Trinajstić information content (AvgIpc) is 2.45. The second-order valence-electron chi connectivity index (χ2n) is 1.39. The van der Waals surface area contributed by atoms with Crippen molar-refractivity contribution in [3.8, 4) is 0 Å². The zero-order chi connectivity index (χ0) is 5.98. The van der Waals surface area contributed by atoms with Crippen LogP contribution in [0.3, 0.4) is 0 Å². The van der Waals surface area contributed by atoms with E-state index in [2.05, 4.69) is 10.9 Å². The van der Waals surface area contributed by atoms with Gasteiger partial charge in [0, 0.05) is 0 Å². The molecule has 1 heterocycles. The van der Waals surface area contributed by atoms with Gasteiger partial charge < -0.3 is 0 Å². The molecule has 1 saturated heterocycles. The summed E-state index contributed by atoms with van der Waals surface area (Å²) < 4.78 is 15.4. The molecule has 0 bridgehead atoms. The molecule has 1 atom stereocenters. The third-order valence-corrected chi connectivity index (χ3v) is 1.93. The summed E-state index contributed by atoms with van der Waals surface area (Å²) in [7, 11) is -1.50. The Morgan fingerprint density at radius 3 is 2.75 bits per heavy atom. The summed E-state index contributed by atoms with van der Waals surface area (Å²) in [6.07, 6.45) is 0. The fourth-order valence-corrected chi connectivity index (χ4v) is 1.03. The van der Waals surface area contributed by atoms with Crippen molar-refractivity contribution in [2.24, 2.45) is 0 Å². The van der Waals surface area contributed by atoms with Gasteiger partial charge >= 0.3 is 13.9 Å². The highest BCUT2D eigenvalue weighted by Gasteiger charge is 2.42. The summed E-state index contributed by atoms with van der Waals surface area (Å²) in [5.74, 6) is -0.0926. The first-order chi connectivity index (χ1) is 3.84. The van der Waals surface area contributed by atoms with Gasteiger partial charge in [0.25, 0.3) is 0 Å². The molecule has 0 aliphatic carbocycles. The molecule has 0 amide bonds. The van der Waals surface area contributed by atoms with E-state index in [9.17, 15) is 4.57 Å². The van der Waals surface area contributed by atoms with Crippen LogP contribution in [0.15, 0.2) is 0 Å². The van der Waals surface area contributed by atoms with Gasteiger partial charge in [0.1, 0.15) is 0 Å². The highest BCUT2D eigenvalue weighted by Crippen LogP contribution is 2.29. The molecule has 0 aromatic carbocycles. The third kappa shape index (κ3) is 1.49. The normalized spacial score (nSPS) is 20.9. The highest BCUT2D eigenvalue weighted by molar-refractivity contribution is 7.40. The molecule has 2 N–H and O–H groups in total. The molecule has 0 aromatic heterocycles. The van der Waals surface area contributed by atoms with Crippen molar-refractivity contribution in [2.75, 3.05) is 6.61 Å². The molecular formula is C3H8N2O2P+. The summed E-state index contributed by atoms with van der Waals surface area (Å²) in [4.78, 5) is 0. The predicted molar refractivity (Wildman–Crippen MR) is 29.3 cm³/mol. The van der Waals surface area contributed by atoms with E-state index in [-0.39, 0.29) is 5.91 Å². The maximum Gasteiger partial charge on any atom is 0.546 e. The Bertz CT molecular complexity index is 103. The molecule has 5 heteroatoms. The van der Waals surface area contributed by atoms with E-state index in [0.29, 0.717) is 6.61 Å². The molecule has 1 fully saturated rings. The van der Waals surface area contributed by atoms with Crippen molar-refractivity contribution in [1.29, 1.82) is 0 Å². The lowest BCUT2D eigenvalue weighted by molar-refractivity contribution is 0.349. The van der Waals surface area contributed by atoms with Gasteiger partial charge in [-0.15, -0.1) is 4.52 Å². The molecule has 1 rings (SSSR count). The molecule has 0 spiro atoms. The Labute approximate surface area is 48.4 Å². The van der Waals surface area contributed by atoms with Crippen molar-refractivity contribution >= 4 is 8.03 Å². The van der Waals surface area contributed by atoms with Crippen LogP contribution >= 0.6 is 8.03 Å². The topological polar surface area (TPSA) is 70.2 Å². The third-order valence-electron chi connectivity index (χ3n) is 0.741. The van der Waals surface area contributed by atoms with E-state index < -0.39 is 8.03 Å². The number of nitrogens with one attached hydrogen (secondary N) is 2. The van der Waals surface area contributed by atoms with Crippen molar-refractivity contribution in [3.63, 3.8) is 0 Å². The van der Waals surface area contributed by atoms with Crippen LogP contribution < -0.4 is 10.9 Å². The molecule has 8 heavy (non-hydrogen) atoms. The molecule has 1 aliphatic heterocycles. The SMILES string of the molecule is CCO[P+](=O)C1NN1. The van der Waals surface area contributed by atoms with Crippen molar-refractivity contribution < 1.29 is 9.09 Å². The lowest BCUT2D eigenvalue weighted by Crippen LogP contribution is -1.86. The monoisotopic (exact) mass is 135 g/mol. The van der Waals surface area contributed by atoms with Crippen LogP contribution in [0.5, 0.6) is 0 Å². The van der Waals surface area contributed by atoms with Gasteiger partial charge in [-0.1, -0.05) is 0 Å². The van der Waals surface area contributed by atoms with E-state index in [1.54, 1.807) is 0 Å². The van der Waals surface area contributed by atoms with Crippen LogP contribution in [-0.4, -0.2) is 12.5 Å². The zero-order valence-corrected chi connectivity index (χ0v) is 5.44. The van der Waals surface area contributed by atoms with E-state index in [1.807, 2.05) is 6.92 Å². The van der Waals surface area contributed by atoms with Crippen LogP contribution in [0.4, 0.5) is 0 Å². The minimum atomic E-state index is -1.50. The Kier molecular flexibility index (Phi) is 1.91. The number of hydrogen-bond acceptors (Lipinski definition) is 4. The predicted octanol–water partition coefficient (Wildman–Crippen LogP) is 0.157. The lowest BCUT2D eigenvalue weighted by atomic mass is 10.9. The first kappa shape index (κ1) is 6.11. The maximum atomic E-state index is 10.6. The number of hydrazine groups is 1. The molecule has 0 saturated carbocycles. The highest BCUT2D eigenvalue weighted by atomic mass is 31.1. The fraction of sp³-hybridized carbons (Fsp3) is 1.00. The minimum absolute atomic E-state index is 0.0926. The van der Waals surface area contributed by atoms with E-state index in [1.165, 1.54) is 0 Å². The first-order valence-corrected chi connectivity index (χ1v) is 3.69. The van der Waals surface area contributed by atoms with Gasteiger partial charge in [-0.3, -0.25) is 0 Å². The van der Waals surface area contributed by atoms with Gasteiger partial charge in [0.15, 0.2) is 0 Å². The molecule has 1 unspecified atom stereocenters. The molecule has 4 nitrogen and oxygen atoms in total. The standard InChI is InChI=1S/C3H8N2O2P/c1-2-7-8(6)3-4-5-3/h3-5H,2H2,1H3/q+1. The molecule has 0 radical (unpaired) electrons. The van der Waals surface area contributed by atoms with Crippen molar-refractivity contribution in [3.05, 3.63) is 0 Å². The van der Waals surface area contributed by atoms with Crippen LogP contribution in [-0.2, 0) is 9.09 Å². The Balaban J connectivity index is 2.13. The van der Waals surface area contributed by atoms with Gasteiger partial charge in [-0.05, 0) is 11.5 Å². The summed E-state index contributed by atoms with van der Waals surface area (Å²) in [5.41, 5.74) is 5.32. The second kappa shape index (κ2) is 2.51. The van der Waals surface area contributed by atoms with Crippen LogP contribution in [0.1, 0.15) is 6.92 Å².